The van der Waals surface area contributed by atoms with E-state index in [1.54, 1.807) is 12.3 Å². The molecule has 0 amide bonds. The number of aliphatic hydroxyl groups excluding tert-OH is 2. The van der Waals surface area contributed by atoms with E-state index < -0.39 is 63.6 Å². The lowest BCUT2D eigenvalue weighted by molar-refractivity contribution is -0.161. The quantitative estimate of drug-likeness (QED) is 0.0280. The Balaban J connectivity index is 1.40. The van der Waals surface area contributed by atoms with Crippen molar-refractivity contribution in [2.45, 2.75) is 224 Å². The predicted octanol–water partition coefficient (Wildman–Crippen LogP) is 10.2. The van der Waals surface area contributed by atoms with Gasteiger partial charge in [-0.25, -0.2) is 14.5 Å². The summed E-state index contributed by atoms with van der Waals surface area (Å²) < 4.78 is 41.7. The number of carbonyl (C=O) groups is 2. The smallest absolute Gasteiger partial charge is 0.462 e. The minimum atomic E-state index is -4.80. The van der Waals surface area contributed by atoms with Crippen LogP contribution in [-0.2, 0) is 37.4 Å². The molecule has 2 aromatic rings. The van der Waals surface area contributed by atoms with Gasteiger partial charge in [0.05, 0.1) is 18.6 Å². The number of carbonyl (C=O) groups excluding carboxylic acids is 2. The van der Waals surface area contributed by atoms with Gasteiger partial charge in [-0.15, -0.1) is 0 Å². The number of nitrogens with zero attached hydrogens (tertiary/aromatic N) is 3. The van der Waals surface area contributed by atoms with E-state index in [0.717, 1.165) is 38.5 Å². The van der Waals surface area contributed by atoms with E-state index in [9.17, 15) is 29.3 Å². The van der Waals surface area contributed by atoms with Crippen molar-refractivity contribution in [3.05, 3.63) is 18.6 Å². The normalized spacial score (nSPS) is 19.2. The van der Waals surface area contributed by atoms with Crippen LogP contribution in [0.15, 0.2) is 18.6 Å². The fourth-order valence-corrected chi connectivity index (χ4v) is 8.63. The molecule has 3 heterocycles. The highest BCUT2D eigenvalue weighted by Crippen LogP contribution is 2.45. The van der Waals surface area contributed by atoms with Crippen LogP contribution in [0.3, 0.4) is 0 Å². The number of fused-ring (bicyclic) bond motifs is 1. The second kappa shape index (κ2) is 32.1. The average molecular weight is 897 g/mol. The number of unbranched alkanes of at least 4 members (excludes halogenated alkanes) is 24. The molecule has 15 nitrogen and oxygen atoms in total. The number of nitrogens with two attached hydrogens (primary N) is 1. The molecule has 1 fully saturated rings. The van der Waals surface area contributed by atoms with E-state index in [4.69, 9.17) is 29.0 Å². The SMILES string of the molecule is CCCCCCCCCCCCCCCC(=O)OCC(COP(=O)(O)OC[C@H]1O[C@@H](n2ccc3c(N)ncnc32)[C@H](O)[C@@H]1O)OC(=O)CCCCCCCCCCCCCCC. The number of aromatic nitrogens is 3. The maximum absolute atomic E-state index is 13.0. The third kappa shape index (κ3) is 21.8. The van der Waals surface area contributed by atoms with Crippen LogP contribution in [0.5, 0.6) is 0 Å². The molecule has 5 N–H and O–H groups in total. The Hall–Kier alpha value is -2.65. The number of phosphoric acid groups is 1. The topological polar surface area (TPSA) is 215 Å². The molecule has 62 heavy (non-hydrogen) atoms. The molecule has 1 aliphatic heterocycles. The second-order valence-corrected chi connectivity index (χ2v) is 18.6. The Morgan fingerprint density at radius 1 is 0.710 bits per heavy atom. The Morgan fingerprint density at radius 3 is 1.71 bits per heavy atom. The van der Waals surface area contributed by atoms with Gasteiger partial charge in [-0.1, -0.05) is 168 Å². The number of anilines is 1. The third-order valence-corrected chi connectivity index (χ3v) is 12.6. The van der Waals surface area contributed by atoms with Crippen LogP contribution in [-0.4, -0.2) is 85.8 Å². The monoisotopic (exact) mass is 897 g/mol. The summed E-state index contributed by atoms with van der Waals surface area (Å²) in [6, 6.07) is 1.65. The van der Waals surface area contributed by atoms with E-state index in [1.807, 2.05) is 0 Å². The number of hydrogen-bond donors (Lipinski definition) is 4. The van der Waals surface area contributed by atoms with Crippen LogP contribution >= 0.6 is 7.82 Å². The molecule has 2 aromatic heterocycles. The first-order chi connectivity index (χ1) is 30.1. The Bertz CT molecular complexity index is 1550. The summed E-state index contributed by atoms with van der Waals surface area (Å²) >= 11 is 0. The van der Waals surface area contributed by atoms with Crippen LogP contribution in [0.4, 0.5) is 5.82 Å². The minimum absolute atomic E-state index is 0.157. The summed E-state index contributed by atoms with van der Waals surface area (Å²) in [5.41, 5.74) is 6.29. The lowest BCUT2D eigenvalue weighted by atomic mass is 10.0. The molecular formula is C46H81N4O11P. The van der Waals surface area contributed by atoms with Gasteiger partial charge in [-0.05, 0) is 18.9 Å². The van der Waals surface area contributed by atoms with Crippen molar-refractivity contribution in [3.63, 3.8) is 0 Å². The zero-order valence-corrected chi connectivity index (χ0v) is 38.9. The van der Waals surface area contributed by atoms with Gasteiger partial charge in [0.2, 0.25) is 0 Å². The van der Waals surface area contributed by atoms with Crippen molar-refractivity contribution in [2.24, 2.45) is 0 Å². The number of phosphoric ester groups is 1. The fraction of sp³-hybridized carbons (Fsp3) is 0.826. The van der Waals surface area contributed by atoms with E-state index >= 15 is 0 Å². The highest BCUT2D eigenvalue weighted by Gasteiger charge is 2.45. The zero-order chi connectivity index (χ0) is 44.8. The van der Waals surface area contributed by atoms with Gasteiger partial charge in [0, 0.05) is 19.0 Å². The van der Waals surface area contributed by atoms with Crippen molar-refractivity contribution in [2.75, 3.05) is 25.6 Å². The first kappa shape index (κ1) is 53.7. The molecular weight excluding hydrogens is 815 g/mol. The summed E-state index contributed by atoms with van der Waals surface area (Å²) in [4.78, 5) is 44.2. The average Bonchev–Trinajstić information content (AvgIpc) is 3.81. The zero-order valence-electron chi connectivity index (χ0n) is 38.0. The lowest BCUT2D eigenvalue weighted by Crippen LogP contribution is -2.34. The van der Waals surface area contributed by atoms with Crippen molar-refractivity contribution in [1.82, 2.24) is 14.5 Å². The van der Waals surface area contributed by atoms with E-state index in [-0.39, 0.29) is 25.3 Å². The summed E-state index contributed by atoms with van der Waals surface area (Å²) in [5, 5.41) is 22.0. The maximum Gasteiger partial charge on any atom is 0.472 e. The van der Waals surface area contributed by atoms with Crippen LogP contribution < -0.4 is 5.73 Å². The summed E-state index contributed by atoms with van der Waals surface area (Å²) in [5.74, 6) is -0.734. The number of nitrogen functional groups attached to an aromatic ring is 1. The van der Waals surface area contributed by atoms with Crippen LogP contribution in [0, 0.1) is 0 Å². The van der Waals surface area contributed by atoms with Crippen molar-refractivity contribution < 1.29 is 52.5 Å². The Morgan fingerprint density at radius 2 is 1.19 bits per heavy atom. The van der Waals surface area contributed by atoms with Crippen LogP contribution in [0.25, 0.3) is 11.0 Å². The van der Waals surface area contributed by atoms with Gasteiger partial charge in [-0.3, -0.25) is 18.6 Å². The highest BCUT2D eigenvalue weighted by atomic mass is 31.2. The summed E-state index contributed by atoms with van der Waals surface area (Å²) in [6.45, 7) is 2.93. The fourth-order valence-electron chi connectivity index (χ4n) is 7.87. The molecule has 0 spiro atoms. The minimum Gasteiger partial charge on any atom is -0.462 e. The van der Waals surface area contributed by atoms with Crippen LogP contribution in [0.1, 0.15) is 200 Å². The largest absolute Gasteiger partial charge is 0.472 e. The van der Waals surface area contributed by atoms with Crippen molar-refractivity contribution in [1.29, 1.82) is 0 Å². The summed E-state index contributed by atoms with van der Waals surface area (Å²) in [7, 11) is -4.80. The first-order valence-electron chi connectivity index (χ1n) is 24.1. The van der Waals surface area contributed by atoms with Gasteiger partial charge in [0.1, 0.15) is 42.7 Å². The van der Waals surface area contributed by atoms with Gasteiger partial charge in [0.25, 0.3) is 0 Å². The molecule has 0 bridgehead atoms. The second-order valence-electron chi connectivity index (χ2n) is 17.1. The number of ether oxygens (including phenoxy) is 3. The number of esters is 2. The highest BCUT2D eigenvalue weighted by molar-refractivity contribution is 7.47. The van der Waals surface area contributed by atoms with Gasteiger partial charge in [0.15, 0.2) is 12.3 Å². The third-order valence-electron chi connectivity index (χ3n) is 11.7. The molecule has 0 aromatic carbocycles. The molecule has 16 heteroatoms. The standard InChI is InChI=1S/C46H81N4O11P/c1-3-5-7-9-11-13-15-17-19-21-23-25-27-29-40(51)57-33-37(60-41(52)30-28-26-24-22-20-18-16-14-12-10-8-6-4-2)34-58-62(55,56)59-35-39-42(53)43(54)46(61-39)50-32-31-38-44(47)48-36-49-45(38)50/h31-32,36-37,39,42-43,46,53-54H,3-30,33-35H2,1-2H3,(H,55,56)(H2,47,48,49)/t37?,39-,42-,43-,46-/m1/s1. The first-order valence-corrected chi connectivity index (χ1v) is 25.6. The van der Waals surface area contributed by atoms with Crippen molar-refractivity contribution in [3.8, 4) is 0 Å². The van der Waals surface area contributed by atoms with Crippen molar-refractivity contribution >= 4 is 36.6 Å². The van der Waals surface area contributed by atoms with Crippen LogP contribution in [0.2, 0.25) is 0 Å². The number of rotatable bonds is 38. The summed E-state index contributed by atoms with van der Waals surface area (Å²) in [6.07, 6.45) is 27.6. The molecule has 1 saturated heterocycles. The lowest BCUT2D eigenvalue weighted by Gasteiger charge is -2.21. The molecule has 0 saturated carbocycles. The molecule has 0 radical (unpaired) electrons. The molecule has 6 atom stereocenters. The number of aliphatic hydroxyl groups is 2. The Kier molecular flexibility index (Phi) is 27.8. The Labute approximate surface area is 371 Å². The van der Waals surface area contributed by atoms with Gasteiger partial charge >= 0.3 is 19.8 Å². The predicted molar refractivity (Wildman–Crippen MR) is 241 cm³/mol. The molecule has 2 unspecified atom stereocenters. The molecule has 1 aliphatic rings. The van der Waals surface area contributed by atoms with Gasteiger partial charge in [-0.2, -0.15) is 0 Å². The molecule has 0 aliphatic carbocycles. The van der Waals surface area contributed by atoms with E-state index in [1.165, 1.54) is 126 Å². The van der Waals surface area contributed by atoms with E-state index in [0.29, 0.717) is 23.9 Å². The molecule has 356 valence electrons. The van der Waals surface area contributed by atoms with E-state index in [2.05, 4.69) is 23.8 Å². The van der Waals surface area contributed by atoms with Gasteiger partial charge < -0.3 is 39.6 Å². The number of hydrogen-bond acceptors (Lipinski definition) is 13. The molecule has 3 rings (SSSR count). The maximum atomic E-state index is 13.0.